The molecule has 0 fully saturated rings. The van der Waals surface area contributed by atoms with Gasteiger partial charge in [0.15, 0.2) is 21.2 Å². The molecule has 0 spiro atoms. The highest BCUT2D eigenvalue weighted by molar-refractivity contribution is 7.92. The molecule has 0 aromatic heterocycles. The van der Waals surface area contributed by atoms with Crippen LogP contribution in [0, 0.1) is 12.8 Å². The molecule has 4 rings (SSSR count). The molecule has 2 aliphatic heterocycles. The van der Waals surface area contributed by atoms with Crippen molar-refractivity contribution in [2.45, 2.75) is 37.8 Å². The van der Waals surface area contributed by atoms with E-state index < -0.39 is 51.8 Å². The van der Waals surface area contributed by atoms with Gasteiger partial charge in [-0.2, -0.15) is 0 Å². The third-order valence-electron chi connectivity index (χ3n) is 6.85. The monoisotopic (exact) mass is 485 g/mol. The molecule has 2 aromatic carbocycles. The lowest BCUT2D eigenvalue weighted by Gasteiger charge is -2.42. The highest BCUT2D eigenvalue weighted by Gasteiger charge is 2.51. The minimum Gasteiger partial charge on any atom is -0.479 e. The summed E-state index contributed by atoms with van der Waals surface area (Å²) in [4.78, 5) is 39.8. The number of aliphatic carboxylic acids is 1. The first-order chi connectivity index (χ1) is 15.8. The van der Waals surface area contributed by atoms with Crippen molar-refractivity contribution < 1.29 is 37.6 Å². The number of benzene rings is 2. The van der Waals surface area contributed by atoms with E-state index in [9.17, 15) is 32.9 Å². The van der Waals surface area contributed by atoms with Crippen LogP contribution in [0.4, 0.5) is 0 Å². The first kappa shape index (κ1) is 24.1. The van der Waals surface area contributed by atoms with Gasteiger partial charge in [0, 0.05) is 18.2 Å². The Morgan fingerprint density at radius 3 is 2.50 bits per heavy atom. The summed E-state index contributed by atoms with van der Waals surface area (Å²) in [5, 5.41) is 20.6. The van der Waals surface area contributed by atoms with E-state index in [2.05, 4.69) is 0 Å². The van der Waals surface area contributed by atoms with Crippen LogP contribution < -0.4 is 5.46 Å². The Labute approximate surface area is 197 Å². The summed E-state index contributed by atoms with van der Waals surface area (Å²) in [6.45, 7) is 5.14. The minimum absolute atomic E-state index is 0.0707. The zero-order valence-corrected chi connectivity index (χ0v) is 20.0. The fourth-order valence-corrected chi connectivity index (χ4v) is 6.53. The standard InChI is InChI=1S/C23H24BNO8S/c1-12(2)23(22(28)29,15-6-8-19-17(9-15)18(26)11-34(19,31)32)25(4)21(27)16-7-5-14-10-33-24(30)20(14)13(16)3/h5-9,12,30H,10-11H2,1-4H3,(H,28,29)/t23-/m1/s1. The molecule has 11 heteroatoms. The molecule has 0 radical (unpaired) electrons. The van der Waals surface area contributed by atoms with Gasteiger partial charge in [0.2, 0.25) is 0 Å². The lowest BCUT2D eigenvalue weighted by Crippen LogP contribution is -2.56. The van der Waals surface area contributed by atoms with Gasteiger partial charge in [0.1, 0.15) is 5.75 Å². The summed E-state index contributed by atoms with van der Waals surface area (Å²) in [6.07, 6.45) is 0. The molecule has 0 saturated heterocycles. The van der Waals surface area contributed by atoms with Gasteiger partial charge in [0.05, 0.1) is 11.5 Å². The number of carboxylic acid groups (broad SMARTS) is 1. The SMILES string of the molecule is Cc1c(C(=O)N(C)[C@@](C(=O)O)(c2ccc3c(c2)C(=O)CS3(=O)=O)C(C)C)ccc2c1B(O)OC2. The summed E-state index contributed by atoms with van der Waals surface area (Å²) in [5.74, 6) is -3.86. The van der Waals surface area contributed by atoms with Crippen molar-refractivity contribution in [2.24, 2.45) is 5.92 Å². The number of ketones is 1. The van der Waals surface area contributed by atoms with E-state index in [4.69, 9.17) is 4.65 Å². The Balaban J connectivity index is 1.87. The number of rotatable bonds is 5. The summed E-state index contributed by atoms with van der Waals surface area (Å²) >= 11 is 0. The van der Waals surface area contributed by atoms with E-state index in [1.54, 1.807) is 32.9 Å². The number of hydrogen-bond donors (Lipinski definition) is 2. The molecule has 34 heavy (non-hydrogen) atoms. The van der Waals surface area contributed by atoms with E-state index >= 15 is 0 Å². The number of carbonyl (C=O) groups is 3. The summed E-state index contributed by atoms with van der Waals surface area (Å²) in [7, 11) is -3.58. The van der Waals surface area contributed by atoms with Crippen LogP contribution >= 0.6 is 0 Å². The second kappa shape index (κ2) is 8.04. The van der Waals surface area contributed by atoms with Gasteiger partial charge in [-0.3, -0.25) is 9.59 Å². The first-order valence-electron chi connectivity index (χ1n) is 10.7. The van der Waals surface area contributed by atoms with Crippen LogP contribution in [0.25, 0.3) is 0 Å². The summed E-state index contributed by atoms with van der Waals surface area (Å²) in [6, 6.07) is 7.08. The Morgan fingerprint density at radius 1 is 1.21 bits per heavy atom. The Hall–Kier alpha value is -3.02. The fourth-order valence-electron chi connectivity index (χ4n) is 5.09. The summed E-state index contributed by atoms with van der Waals surface area (Å²) < 4.78 is 29.7. The minimum atomic E-state index is -3.77. The van der Waals surface area contributed by atoms with Crippen molar-refractivity contribution in [3.63, 3.8) is 0 Å². The van der Waals surface area contributed by atoms with Gasteiger partial charge >= 0.3 is 13.1 Å². The van der Waals surface area contributed by atoms with Gasteiger partial charge < -0.3 is 19.7 Å². The van der Waals surface area contributed by atoms with Gasteiger partial charge in [0.25, 0.3) is 5.91 Å². The molecule has 2 aromatic rings. The van der Waals surface area contributed by atoms with Gasteiger partial charge in [-0.1, -0.05) is 26.0 Å². The Bertz CT molecular complexity index is 1350. The maximum absolute atomic E-state index is 13.7. The number of Topliss-reactive ketones (excluding diaryl/α,β-unsaturated/α-hetero) is 1. The second-order valence-corrected chi connectivity index (χ2v) is 10.9. The van der Waals surface area contributed by atoms with Crippen LogP contribution in [0.2, 0.25) is 0 Å². The molecule has 0 aliphatic carbocycles. The zero-order chi connectivity index (χ0) is 25.2. The van der Waals surface area contributed by atoms with E-state index in [1.165, 1.54) is 25.2 Å². The summed E-state index contributed by atoms with van der Waals surface area (Å²) in [5.41, 5.74) is 0.0681. The molecular formula is C23H24BNO8S. The molecule has 1 amide bonds. The van der Waals surface area contributed by atoms with Crippen LogP contribution in [0.1, 0.15) is 51.3 Å². The zero-order valence-electron chi connectivity index (χ0n) is 19.2. The molecule has 9 nitrogen and oxygen atoms in total. The number of hydrogen-bond acceptors (Lipinski definition) is 7. The number of carboxylic acids is 1. The third kappa shape index (κ3) is 3.30. The first-order valence-corrected chi connectivity index (χ1v) is 12.3. The van der Waals surface area contributed by atoms with Crippen molar-refractivity contribution in [1.82, 2.24) is 4.90 Å². The molecule has 178 valence electrons. The average Bonchev–Trinajstić information content (AvgIpc) is 3.24. The Kier molecular flexibility index (Phi) is 5.70. The number of fused-ring (bicyclic) bond motifs is 2. The van der Waals surface area contributed by atoms with Crippen molar-refractivity contribution in [3.8, 4) is 0 Å². The molecule has 2 aliphatic rings. The molecule has 0 bridgehead atoms. The number of amides is 1. The van der Waals surface area contributed by atoms with Crippen molar-refractivity contribution >= 4 is 40.1 Å². The van der Waals surface area contributed by atoms with Gasteiger partial charge in [-0.05, 0) is 53.2 Å². The van der Waals surface area contributed by atoms with Crippen LogP contribution in [0.3, 0.4) is 0 Å². The van der Waals surface area contributed by atoms with Crippen molar-refractivity contribution in [1.29, 1.82) is 0 Å². The van der Waals surface area contributed by atoms with Crippen molar-refractivity contribution in [2.75, 3.05) is 12.8 Å². The normalized spacial score (nSPS) is 17.9. The maximum Gasteiger partial charge on any atom is 0.492 e. The third-order valence-corrected chi connectivity index (χ3v) is 8.52. The predicted octanol–water partition coefficient (Wildman–Crippen LogP) is 0.891. The average molecular weight is 485 g/mol. The smallest absolute Gasteiger partial charge is 0.479 e. The number of nitrogens with zero attached hydrogens (tertiary/aromatic N) is 1. The molecule has 0 unspecified atom stereocenters. The largest absolute Gasteiger partial charge is 0.492 e. The highest BCUT2D eigenvalue weighted by Crippen LogP contribution is 2.40. The Morgan fingerprint density at radius 2 is 1.88 bits per heavy atom. The number of sulfone groups is 1. The number of likely N-dealkylation sites (N-methyl/N-ethyl adjacent to an activating group) is 1. The van der Waals surface area contributed by atoms with Gasteiger partial charge in [-0.25, -0.2) is 13.2 Å². The van der Waals surface area contributed by atoms with Gasteiger partial charge in [-0.15, -0.1) is 0 Å². The molecule has 0 saturated carbocycles. The molecule has 2 N–H and O–H groups in total. The predicted molar refractivity (Wildman–Crippen MR) is 123 cm³/mol. The maximum atomic E-state index is 13.7. The molecule has 1 atom stereocenters. The molecular weight excluding hydrogens is 461 g/mol. The molecule has 2 heterocycles. The number of carbonyl (C=O) groups excluding carboxylic acids is 2. The van der Waals surface area contributed by atoms with E-state index in [1.807, 2.05) is 0 Å². The van der Waals surface area contributed by atoms with E-state index in [-0.39, 0.29) is 28.2 Å². The van der Waals surface area contributed by atoms with E-state index in [0.29, 0.717) is 11.0 Å². The highest BCUT2D eigenvalue weighted by atomic mass is 32.2. The van der Waals surface area contributed by atoms with Crippen LogP contribution in [-0.2, 0) is 31.4 Å². The lowest BCUT2D eigenvalue weighted by molar-refractivity contribution is -0.153. The lowest BCUT2D eigenvalue weighted by atomic mass is 9.74. The van der Waals surface area contributed by atoms with Crippen LogP contribution in [-0.4, -0.2) is 61.0 Å². The van der Waals surface area contributed by atoms with Crippen molar-refractivity contribution in [3.05, 3.63) is 58.1 Å². The van der Waals surface area contributed by atoms with Crippen LogP contribution in [0.5, 0.6) is 0 Å². The second-order valence-electron chi connectivity index (χ2n) is 8.96. The van der Waals surface area contributed by atoms with Crippen LogP contribution in [0.15, 0.2) is 35.2 Å². The van der Waals surface area contributed by atoms with E-state index in [0.717, 1.165) is 10.5 Å². The quantitative estimate of drug-likeness (QED) is 0.596. The topological polar surface area (TPSA) is 138 Å². The fraction of sp³-hybridized carbons (Fsp3) is 0.348.